The Kier molecular flexibility index (Phi) is 6.45. The molecule has 1 N–H and O–H groups in total. The van der Waals surface area contributed by atoms with Crippen LogP contribution in [0.5, 0.6) is 5.75 Å². The first-order valence-corrected chi connectivity index (χ1v) is 9.04. The van der Waals surface area contributed by atoms with E-state index in [1.165, 1.54) is 18.2 Å². The van der Waals surface area contributed by atoms with Gasteiger partial charge in [0.25, 0.3) is 0 Å². The maximum atomic E-state index is 13.6. The summed E-state index contributed by atoms with van der Waals surface area (Å²) in [6.07, 6.45) is 0. The molecule has 3 aromatic rings. The van der Waals surface area contributed by atoms with Gasteiger partial charge in [0, 0.05) is 13.1 Å². The molecule has 5 nitrogen and oxygen atoms in total. The highest BCUT2D eigenvalue weighted by molar-refractivity contribution is 5.84. The van der Waals surface area contributed by atoms with Crippen LogP contribution < -0.4 is 4.74 Å². The van der Waals surface area contributed by atoms with Crippen molar-refractivity contribution in [1.82, 2.24) is 4.90 Å². The molecule has 1 heterocycles. The lowest BCUT2D eigenvalue weighted by Crippen LogP contribution is -2.22. The molecule has 0 fully saturated rings. The van der Waals surface area contributed by atoms with Gasteiger partial charge in [-0.15, -0.1) is 0 Å². The number of aromatic carboxylic acids is 1. The number of halogens is 1. The highest BCUT2D eigenvalue weighted by atomic mass is 19.1. The number of carbonyl (C=O) groups is 1. The lowest BCUT2D eigenvalue weighted by Gasteiger charge is -2.22. The number of furan rings is 1. The van der Waals surface area contributed by atoms with E-state index in [1.54, 1.807) is 12.1 Å². The second-order valence-electron chi connectivity index (χ2n) is 6.42. The van der Waals surface area contributed by atoms with E-state index in [-0.39, 0.29) is 11.6 Å². The molecule has 0 amide bonds. The number of hydrogen-bond acceptors (Lipinski definition) is 4. The first kappa shape index (κ1) is 19.6. The van der Waals surface area contributed by atoms with Gasteiger partial charge in [0.05, 0.1) is 13.2 Å². The summed E-state index contributed by atoms with van der Waals surface area (Å²) in [5.74, 6) is -0.138. The molecule has 0 unspecified atom stereocenters. The van der Waals surface area contributed by atoms with Crippen LogP contribution in [0, 0.1) is 5.82 Å². The van der Waals surface area contributed by atoms with Crippen molar-refractivity contribution < 1.29 is 23.4 Å². The smallest absolute Gasteiger partial charge is 0.371 e. The molecule has 146 valence electrons. The second kappa shape index (κ2) is 9.19. The predicted octanol–water partition coefficient (Wildman–Crippen LogP) is 4.72. The summed E-state index contributed by atoms with van der Waals surface area (Å²) in [5, 5.41) is 9.04. The van der Waals surface area contributed by atoms with Crippen molar-refractivity contribution in [2.24, 2.45) is 0 Å². The number of ether oxygens (including phenoxy) is 1. The Bertz CT molecular complexity index is 920. The minimum Gasteiger partial charge on any atom is -0.494 e. The zero-order valence-corrected chi connectivity index (χ0v) is 15.6. The van der Waals surface area contributed by atoms with Crippen molar-refractivity contribution in [2.45, 2.75) is 26.6 Å². The van der Waals surface area contributed by atoms with Crippen LogP contribution in [0.15, 0.2) is 65.1 Å². The average molecular weight is 383 g/mol. The van der Waals surface area contributed by atoms with Crippen LogP contribution in [0.4, 0.5) is 4.39 Å². The van der Waals surface area contributed by atoms with Crippen LogP contribution in [-0.2, 0) is 19.6 Å². The fourth-order valence-electron chi connectivity index (χ4n) is 2.98. The van der Waals surface area contributed by atoms with E-state index < -0.39 is 5.97 Å². The zero-order chi connectivity index (χ0) is 19.9. The van der Waals surface area contributed by atoms with Gasteiger partial charge in [-0.25, -0.2) is 9.18 Å². The van der Waals surface area contributed by atoms with Gasteiger partial charge in [0.15, 0.2) is 0 Å². The minimum atomic E-state index is -1.10. The van der Waals surface area contributed by atoms with Gasteiger partial charge in [0.1, 0.15) is 17.3 Å². The summed E-state index contributed by atoms with van der Waals surface area (Å²) < 4.78 is 24.4. The summed E-state index contributed by atoms with van der Waals surface area (Å²) in [6, 6.07) is 17.3. The lowest BCUT2D eigenvalue weighted by molar-refractivity contribution is 0.0657. The lowest BCUT2D eigenvalue weighted by atomic mass is 10.1. The fraction of sp³-hybridized carbons (Fsp3) is 0.227. The summed E-state index contributed by atoms with van der Waals surface area (Å²) in [5.41, 5.74) is 1.89. The first-order chi connectivity index (χ1) is 13.5. The Balaban J connectivity index is 1.77. The highest BCUT2D eigenvalue weighted by Gasteiger charge is 2.14. The van der Waals surface area contributed by atoms with Crippen molar-refractivity contribution in [2.75, 3.05) is 6.61 Å². The molecule has 0 spiro atoms. The molecule has 0 aliphatic heterocycles. The summed E-state index contributed by atoms with van der Waals surface area (Å²) in [7, 11) is 0. The quantitative estimate of drug-likeness (QED) is 0.579. The molecule has 0 aliphatic rings. The van der Waals surface area contributed by atoms with Crippen molar-refractivity contribution in [1.29, 1.82) is 0 Å². The Morgan fingerprint density at radius 2 is 1.79 bits per heavy atom. The van der Waals surface area contributed by atoms with E-state index in [4.69, 9.17) is 14.3 Å². The number of hydrogen-bond donors (Lipinski definition) is 1. The summed E-state index contributed by atoms with van der Waals surface area (Å²) in [6.45, 7) is 4.02. The van der Waals surface area contributed by atoms with E-state index in [1.807, 2.05) is 37.3 Å². The van der Waals surface area contributed by atoms with Gasteiger partial charge >= 0.3 is 5.97 Å². The molecule has 3 rings (SSSR count). The molecular weight excluding hydrogens is 361 g/mol. The third-order valence-electron chi connectivity index (χ3n) is 4.19. The summed E-state index contributed by atoms with van der Waals surface area (Å²) >= 11 is 0. The number of rotatable bonds is 9. The van der Waals surface area contributed by atoms with Gasteiger partial charge < -0.3 is 14.3 Å². The van der Waals surface area contributed by atoms with Gasteiger partial charge in [-0.1, -0.05) is 24.3 Å². The van der Waals surface area contributed by atoms with Crippen LogP contribution in [0.3, 0.4) is 0 Å². The van der Waals surface area contributed by atoms with Crippen molar-refractivity contribution in [3.8, 4) is 5.75 Å². The van der Waals surface area contributed by atoms with Crippen molar-refractivity contribution in [3.05, 3.63) is 89.1 Å². The number of nitrogens with zero attached hydrogens (tertiary/aromatic N) is 1. The molecular formula is C22H22FNO4. The van der Waals surface area contributed by atoms with E-state index in [0.717, 1.165) is 16.9 Å². The Hall–Kier alpha value is -3.12. The van der Waals surface area contributed by atoms with Gasteiger partial charge in [-0.3, -0.25) is 4.90 Å². The number of carboxylic acid groups (broad SMARTS) is 1. The fourth-order valence-corrected chi connectivity index (χ4v) is 2.98. The molecule has 28 heavy (non-hydrogen) atoms. The Morgan fingerprint density at radius 1 is 1.04 bits per heavy atom. The van der Waals surface area contributed by atoms with Crippen LogP contribution >= 0.6 is 0 Å². The van der Waals surface area contributed by atoms with E-state index in [0.29, 0.717) is 32.0 Å². The molecule has 0 saturated carbocycles. The third kappa shape index (κ3) is 5.44. The van der Waals surface area contributed by atoms with E-state index in [2.05, 4.69) is 4.90 Å². The van der Waals surface area contributed by atoms with Gasteiger partial charge in [-0.05, 0) is 54.4 Å². The second-order valence-corrected chi connectivity index (χ2v) is 6.42. The average Bonchev–Trinajstić information content (AvgIpc) is 3.12. The number of benzene rings is 2. The Labute approximate surface area is 163 Å². The van der Waals surface area contributed by atoms with Crippen molar-refractivity contribution in [3.63, 3.8) is 0 Å². The molecule has 2 aromatic carbocycles. The molecule has 0 radical (unpaired) electrons. The molecule has 1 aromatic heterocycles. The Morgan fingerprint density at radius 3 is 2.43 bits per heavy atom. The van der Waals surface area contributed by atoms with Gasteiger partial charge in [-0.2, -0.15) is 0 Å². The molecule has 0 saturated heterocycles. The molecule has 0 bridgehead atoms. The van der Waals surface area contributed by atoms with E-state index in [9.17, 15) is 9.18 Å². The zero-order valence-electron chi connectivity index (χ0n) is 15.6. The molecule has 6 heteroatoms. The highest BCUT2D eigenvalue weighted by Crippen LogP contribution is 2.19. The van der Waals surface area contributed by atoms with Gasteiger partial charge in [0.2, 0.25) is 5.76 Å². The number of carboxylic acids is 1. The largest absolute Gasteiger partial charge is 0.494 e. The molecule has 0 aliphatic carbocycles. The van der Waals surface area contributed by atoms with E-state index >= 15 is 0 Å². The van der Waals surface area contributed by atoms with Crippen LogP contribution in [-0.4, -0.2) is 22.6 Å². The third-order valence-corrected chi connectivity index (χ3v) is 4.19. The monoisotopic (exact) mass is 383 g/mol. The van der Waals surface area contributed by atoms with Crippen LogP contribution in [0.2, 0.25) is 0 Å². The standard InChI is InChI=1S/C22H22FNO4/c1-2-27-19-8-6-16(7-9-19)13-24(14-17-4-3-5-18(23)12-17)15-20-10-11-21(28-20)22(25)26/h3-12H,2,13-15H2,1H3,(H,25,26). The maximum Gasteiger partial charge on any atom is 0.371 e. The summed E-state index contributed by atoms with van der Waals surface area (Å²) in [4.78, 5) is 13.1. The first-order valence-electron chi connectivity index (χ1n) is 9.04. The van der Waals surface area contributed by atoms with Crippen LogP contribution in [0.25, 0.3) is 0 Å². The maximum absolute atomic E-state index is 13.6. The predicted molar refractivity (Wildman–Crippen MR) is 103 cm³/mol. The van der Waals surface area contributed by atoms with Crippen molar-refractivity contribution >= 4 is 5.97 Å². The molecule has 0 atom stereocenters. The topological polar surface area (TPSA) is 62.9 Å². The normalized spacial score (nSPS) is 11.0. The minimum absolute atomic E-state index is 0.0956. The van der Waals surface area contributed by atoms with Crippen LogP contribution in [0.1, 0.15) is 34.4 Å². The SMILES string of the molecule is CCOc1ccc(CN(Cc2cccc(F)c2)Cc2ccc(C(=O)O)o2)cc1.